The predicted octanol–water partition coefficient (Wildman–Crippen LogP) is 1.38. The lowest BCUT2D eigenvalue weighted by Crippen LogP contribution is -2.60. The largest absolute Gasteiger partial charge is 0.459 e. The maximum atomic E-state index is 12.7. The number of hydrogen-bond donors (Lipinski definition) is 11. The van der Waals surface area contributed by atoms with E-state index in [0.717, 1.165) is 24.5 Å². The molecule has 0 radical (unpaired) electrons. The van der Waals surface area contributed by atoms with Crippen molar-refractivity contribution in [2.75, 3.05) is 6.61 Å². The first kappa shape index (κ1) is 53.7. The van der Waals surface area contributed by atoms with E-state index in [9.17, 15) is 63.7 Å². The first-order chi connectivity index (χ1) is 28.2. The number of ether oxygens (including phenoxy) is 2. The Kier molecular flexibility index (Phi) is 24.7. The van der Waals surface area contributed by atoms with E-state index in [0.29, 0.717) is 44.1 Å². The molecule has 1 fully saturated rings. The number of cyclic esters (lactones) is 1. The van der Waals surface area contributed by atoms with Gasteiger partial charge in [0.2, 0.25) is 0 Å². The van der Waals surface area contributed by atoms with Gasteiger partial charge in [-0.05, 0) is 96.0 Å². The van der Waals surface area contributed by atoms with Crippen molar-refractivity contribution in [3.8, 4) is 0 Å². The van der Waals surface area contributed by atoms with Gasteiger partial charge in [-0.3, -0.25) is 4.55 Å². The highest BCUT2D eigenvalue weighted by atomic mass is 32.3. The summed E-state index contributed by atoms with van der Waals surface area (Å²) in [6.07, 6.45) is -1.47. The molecule has 14 atom stereocenters. The summed E-state index contributed by atoms with van der Waals surface area (Å²) in [6.45, 7) is 7.24. The van der Waals surface area contributed by atoms with Crippen LogP contribution in [0.2, 0.25) is 0 Å². The van der Waals surface area contributed by atoms with Gasteiger partial charge in [0.25, 0.3) is 0 Å². The van der Waals surface area contributed by atoms with Gasteiger partial charge in [0.15, 0.2) is 0 Å². The third kappa shape index (κ3) is 21.6. The quantitative estimate of drug-likeness (QED) is 0.0527. The summed E-state index contributed by atoms with van der Waals surface area (Å²) < 4.78 is 47.9. The first-order valence-electron chi connectivity index (χ1n) is 20.8. The molecule has 2 aliphatic heterocycles. The fourth-order valence-corrected chi connectivity index (χ4v) is 7.90. The standard InChI is InChI=1S/C42H70O17S/c1-26(19-27(2)23-35(49)36(50)25-37-40(52)41(53)42(59-60(54,55)56)38(58-37)24-30(45)17-18-43)20-31(46)21-28(3)22-32-13-8-6-4-5-7-11-29(44)12-9-10-14-33(47)34(48)15-16-39(51)57-32/h4,6,9,12,15-16,20,28-38,40-50,52-53H,2,5,7-8,10-11,13-14,17-19,21-25H2,1,3H3,(H,54,55,56)/b6-4+,12-9+,16-15+,26-20+/t28?,29?,30?,31?,32?,33?,34?,35?,36?,37?,38?,40-,41-,42+/m1/s1. The molecule has 0 bridgehead atoms. The molecule has 18 heteroatoms. The highest BCUT2D eigenvalue weighted by Crippen LogP contribution is 2.31. The zero-order chi connectivity index (χ0) is 45.0. The minimum Gasteiger partial charge on any atom is -0.459 e. The van der Waals surface area contributed by atoms with Gasteiger partial charge in [-0.2, -0.15) is 8.42 Å². The van der Waals surface area contributed by atoms with Crippen LogP contribution in [0, 0.1) is 5.92 Å². The minimum atomic E-state index is -5.12. The van der Waals surface area contributed by atoms with Gasteiger partial charge in [-0.25, -0.2) is 8.98 Å². The van der Waals surface area contributed by atoms with E-state index in [1.165, 1.54) is 6.08 Å². The molecule has 0 aromatic carbocycles. The van der Waals surface area contributed by atoms with E-state index in [4.69, 9.17) is 14.6 Å². The third-order valence-corrected chi connectivity index (χ3v) is 11.0. The summed E-state index contributed by atoms with van der Waals surface area (Å²) in [5.41, 5.74) is 1.22. The molecule has 0 spiro atoms. The van der Waals surface area contributed by atoms with Crippen LogP contribution in [-0.4, -0.2) is 156 Å². The molecule has 2 heterocycles. The van der Waals surface area contributed by atoms with E-state index in [1.807, 2.05) is 19.1 Å². The average molecular weight is 879 g/mol. The van der Waals surface area contributed by atoms with Crippen LogP contribution < -0.4 is 0 Å². The maximum Gasteiger partial charge on any atom is 0.397 e. The SMILES string of the molecule is C=C(C/C(C)=C/C(O)CC(C)CC1CC/C=C/CCCC(O)/C=C/CCC(O)C(O)/C=C/C(=O)O1)CC(O)C(O)CC1OC(CC(O)CCO)[C@H](OS(=O)(=O)O)[C@H](O)[C@@H]1O. The molecular formula is C42H70O17S. The van der Waals surface area contributed by atoms with Crippen LogP contribution in [0.1, 0.15) is 104 Å². The Bertz CT molecular complexity index is 1500. The monoisotopic (exact) mass is 878 g/mol. The number of carbonyl (C=O) groups is 1. The Balaban J connectivity index is 1.97. The van der Waals surface area contributed by atoms with Crippen LogP contribution in [0.15, 0.2) is 60.3 Å². The smallest absolute Gasteiger partial charge is 0.397 e. The fourth-order valence-electron chi connectivity index (χ4n) is 7.39. The molecule has 0 aliphatic carbocycles. The molecule has 346 valence electrons. The van der Waals surface area contributed by atoms with Crippen LogP contribution in [-0.2, 0) is 28.9 Å². The van der Waals surface area contributed by atoms with Crippen molar-refractivity contribution >= 4 is 16.4 Å². The van der Waals surface area contributed by atoms with Gasteiger partial charge >= 0.3 is 16.4 Å². The van der Waals surface area contributed by atoms with E-state index in [1.54, 1.807) is 25.2 Å². The van der Waals surface area contributed by atoms with Gasteiger partial charge in [-0.1, -0.05) is 55.0 Å². The summed E-state index contributed by atoms with van der Waals surface area (Å²) in [4.78, 5) is 12.7. The molecule has 11 unspecified atom stereocenters. The molecular weight excluding hydrogens is 809 g/mol. The number of esters is 1. The van der Waals surface area contributed by atoms with Crippen molar-refractivity contribution in [3.63, 3.8) is 0 Å². The van der Waals surface area contributed by atoms with Crippen molar-refractivity contribution < 1.29 is 82.5 Å². The van der Waals surface area contributed by atoms with Crippen LogP contribution in [0.4, 0.5) is 0 Å². The molecule has 1 saturated heterocycles. The molecule has 11 N–H and O–H groups in total. The maximum absolute atomic E-state index is 12.7. The number of rotatable bonds is 18. The number of aliphatic hydroxyl groups excluding tert-OH is 10. The Hall–Kier alpha value is -2.40. The van der Waals surface area contributed by atoms with Crippen LogP contribution in [0.25, 0.3) is 0 Å². The topological polar surface area (TPSA) is 301 Å². The van der Waals surface area contributed by atoms with E-state index < -0.39 is 109 Å². The summed E-state index contributed by atoms with van der Waals surface area (Å²) in [5, 5.41) is 104. The van der Waals surface area contributed by atoms with Gasteiger partial charge in [0, 0.05) is 25.5 Å². The summed E-state index contributed by atoms with van der Waals surface area (Å²) in [5.74, 6) is -0.760. The highest BCUT2D eigenvalue weighted by Gasteiger charge is 2.48. The molecule has 0 aromatic heterocycles. The van der Waals surface area contributed by atoms with Crippen molar-refractivity contribution in [1.29, 1.82) is 0 Å². The lowest BCUT2D eigenvalue weighted by Gasteiger charge is -2.43. The second-order valence-corrected chi connectivity index (χ2v) is 17.3. The van der Waals surface area contributed by atoms with Crippen LogP contribution >= 0.6 is 0 Å². The molecule has 0 amide bonds. The molecule has 60 heavy (non-hydrogen) atoms. The van der Waals surface area contributed by atoms with Gasteiger partial charge in [0.05, 0.1) is 54.9 Å². The molecule has 0 saturated carbocycles. The Morgan fingerprint density at radius 1 is 0.917 bits per heavy atom. The van der Waals surface area contributed by atoms with Gasteiger partial charge in [0.1, 0.15) is 24.4 Å². The van der Waals surface area contributed by atoms with Crippen molar-refractivity contribution in [2.24, 2.45) is 5.92 Å². The van der Waals surface area contributed by atoms with Crippen LogP contribution in [0.5, 0.6) is 0 Å². The molecule has 17 nitrogen and oxygen atoms in total. The van der Waals surface area contributed by atoms with Crippen molar-refractivity contribution in [3.05, 3.63) is 60.3 Å². The summed E-state index contributed by atoms with van der Waals surface area (Å²) >= 11 is 0. The second kappa shape index (κ2) is 27.6. The molecule has 2 rings (SSSR count). The van der Waals surface area contributed by atoms with E-state index in [-0.39, 0.29) is 38.0 Å². The molecule has 2 aliphatic rings. The number of aliphatic hydroxyl groups is 10. The number of carbonyl (C=O) groups excluding carboxylic acids is 1. The lowest BCUT2D eigenvalue weighted by atomic mass is 9.88. The van der Waals surface area contributed by atoms with Gasteiger partial charge in [-0.15, -0.1) is 0 Å². The number of allylic oxidation sites excluding steroid dienone is 4. The van der Waals surface area contributed by atoms with Crippen LogP contribution in [0.3, 0.4) is 0 Å². The third-order valence-electron chi connectivity index (χ3n) is 10.5. The first-order valence-corrected chi connectivity index (χ1v) is 22.1. The zero-order valence-corrected chi connectivity index (χ0v) is 35.5. The zero-order valence-electron chi connectivity index (χ0n) is 34.7. The molecule has 0 aromatic rings. The second-order valence-electron chi connectivity index (χ2n) is 16.3. The fraction of sp³-hybridized carbons (Fsp3) is 0.738. The van der Waals surface area contributed by atoms with Gasteiger partial charge < -0.3 is 60.5 Å². The van der Waals surface area contributed by atoms with E-state index in [2.05, 4.69) is 10.8 Å². The summed E-state index contributed by atoms with van der Waals surface area (Å²) in [6, 6.07) is 0. The Morgan fingerprint density at radius 2 is 1.60 bits per heavy atom. The lowest BCUT2D eigenvalue weighted by molar-refractivity contribution is -0.228. The minimum absolute atomic E-state index is 0.0948. The Morgan fingerprint density at radius 3 is 2.28 bits per heavy atom. The Labute approximate surface area is 354 Å². The summed E-state index contributed by atoms with van der Waals surface area (Å²) in [7, 11) is -5.12. The van der Waals surface area contributed by atoms with Crippen molar-refractivity contribution in [1.82, 2.24) is 0 Å². The van der Waals surface area contributed by atoms with Crippen molar-refractivity contribution in [2.45, 2.75) is 183 Å². The number of hydrogen-bond acceptors (Lipinski definition) is 16. The average Bonchev–Trinajstić information content (AvgIpc) is 3.14. The normalized spacial score (nSPS) is 32.5. The predicted molar refractivity (Wildman–Crippen MR) is 220 cm³/mol. The highest BCUT2D eigenvalue weighted by molar-refractivity contribution is 7.80. The van der Waals surface area contributed by atoms with E-state index >= 15 is 0 Å².